The van der Waals surface area contributed by atoms with Crippen molar-refractivity contribution in [2.75, 3.05) is 17.7 Å². The number of carbonyl (C=O) groups is 2. The Kier molecular flexibility index (Phi) is 11.3. The van der Waals surface area contributed by atoms with Crippen LogP contribution >= 0.6 is 0 Å². The molecule has 5 aromatic heterocycles. The van der Waals surface area contributed by atoms with Gasteiger partial charge in [-0.25, -0.2) is 18.7 Å². The number of halogens is 2. The number of hydrogen-bond donors (Lipinski definition) is 6. The molecule has 0 radical (unpaired) electrons. The van der Waals surface area contributed by atoms with Crippen LogP contribution in [0.5, 0.6) is 5.75 Å². The number of fused-ring (bicyclic) bond motifs is 2. The summed E-state index contributed by atoms with van der Waals surface area (Å²) in [5.74, 6) is -0.329. The highest BCUT2D eigenvalue weighted by Gasteiger charge is 2.25. The van der Waals surface area contributed by atoms with E-state index < -0.39 is 11.6 Å². The molecule has 10 rings (SSSR count). The summed E-state index contributed by atoms with van der Waals surface area (Å²) >= 11 is 0. The molecule has 2 aliphatic carbocycles. The number of rotatable bonds is 13. The van der Waals surface area contributed by atoms with Crippen LogP contribution in [0.1, 0.15) is 57.5 Å². The van der Waals surface area contributed by atoms with E-state index in [0.717, 1.165) is 87.3 Å². The number of nitrogens with zero attached hydrogens (tertiary/aromatic N) is 3. The predicted octanol–water partition coefficient (Wildman–Crippen LogP) is 9.15. The number of nitrogens with one attached hydrogen (secondary N) is 6. The maximum atomic E-state index is 14.3. The molecule has 312 valence electrons. The summed E-state index contributed by atoms with van der Waals surface area (Å²) in [5, 5.41) is 13.9. The summed E-state index contributed by atoms with van der Waals surface area (Å²) in [6.45, 7) is 0.772. The monoisotopic (exact) mass is 831 g/mol. The summed E-state index contributed by atoms with van der Waals surface area (Å²) in [4.78, 5) is 44.4. The number of H-pyrrole nitrogens is 2. The number of hydrogen-bond acceptors (Lipinski definition) is 8. The molecule has 2 amide bonds. The van der Waals surface area contributed by atoms with Crippen molar-refractivity contribution < 1.29 is 23.1 Å². The van der Waals surface area contributed by atoms with Crippen LogP contribution in [-0.4, -0.2) is 55.9 Å². The van der Waals surface area contributed by atoms with Crippen molar-refractivity contribution in [1.82, 2.24) is 35.6 Å². The first-order valence-electron chi connectivity index (χ1n) is 20.4. The highest BCUT2D eigenvalue weighted by atomic mass is 19.1. The van der Waals surface area contributed by atoms with Crippen molar-refractivity contribution in [2.45, 2.75) is 50.9 Å². The Balaban J connectivity index is 0.000000158. The zero-order chi connectivity index (χ0) is 42.6. The highest BCUT2D eigenvalue weighted by Crippen LogP contribution is 2.28. The van der Waals surface area contributed by atoms with E-state index in [0.29, 0.717) is 35.6 Å². The first-order valence-corrected chi connectivity index (χ1v) is 20.4. The van der Waals surface area contributed by atoms with Gasteiger partial charge in [-0.3, -0.25) is 14.6 Å². The lowest BCUT2D eigenvalue weighted by Crippen LogP contribution is -2.25. The second-order valence-electron chi connectivity index (χ2n) is 15.5. The number of ether oxygens (including phenoxy) is 1. The Bertz CT molecular complexity index is 2890. The van der Waals surface area contributed by atoms with Gasteiger partial charge in [0.25, 0.3) is 11.8 Å². The van der Waals surface area contributed by atoms with E-state index in [9.17, 15) is 18.4 Å². The fourth-order valence-corrected chi connectivity index (χ4v) is 6.89. The SMILES string of the molecule is COc1ccc(-c2cc3cc(CNc4cc(C(=O)NC5CC5)ccc4F)cnc3[nH]2)cc1.O=C(NC1CC1)c1ccc(F)c(NCc2cnc3[nH]c(-c4ccccn4)cc3c2)c1. The number of benzene rings is 3. The summed E-state index contributed by atoms with van der Waals surface area (Å²) in [7, 11) is 1.64. The Hall–Kier alpha value is -7.61. The van der Waals surface area contributed by atoms with Crippen LogP contribution in [0.3, 0.4) is 0 Å². The smallest absolute Gasteiger partial charge is 0.251 e. The van der Waals surface area contributed by atoms with E-state index in [2.05, 4.69) is 46.2 Å². The summed E-state index contributed by atoms with van der Waals surface area (Å²) in [6, 6.07) is 30.9. The molecule has 14 heteroatoms. The molecule has 2 aliphatic rings. The fourth-order valence-electron chi connectivity index (χ4n) is 6.89. The zero-order valence-electron chi connectivity index (χ0n) is 33.8. The quantitative estimate of drug-likeness (QED) is 0.0671. The van der Waals surface area contributed by atoms with Gasteiger partial charge in [0.2, 0.25) is 0 Å². The van der Waals surface area contributed by atoms with Crippen LogP contribution in [-0.2, 0) is 13.1 Å². The van der Waals surface area contributed by atoms with Gasteiger partial charge >= 0.3 is 0 Å². The van der Waals surface area contributed by atoms with Crippen LogP contribution in [0.4, 0.5) is 20.2 Å². The van der Waals surface area contributed by atoms with Crippen molar-refractivity contribution in [3.63, 3.8) is 0 Å². The second-order valence-corrected chi connectivity index (χ2v) is 15.5. The molecule has 62 heavy (non-hydrogen) atoms. The van der Waals surface area contributed by atoms with Gasteiger partial charge in [-0.2, -0.15) is 0 Å². The first-order chi connectivity index (χ1) is 30.2. The second kappa shape index (κ2) is 17.5. The number of aromatic amines is 2. The summed E-state index contributed by atoms with van der Waals surface area (Å²) < 4.78 is 33.7. The zero-order valence-corrected chi connectivity index (χ0v) is 33.8. The van der Waals surface area contributed by atoms with Gasteiger partial charge in [-0.15, -0.1) is 0 Å². The average molecular weight is 832 g/mol. The minimum atomic E-state index is -0.398. The number of aromatic nitrogens is 5. The maximum Gasteiger partial charge on any atom is 0.251 e. The first kappa shape index (κ1) is 39.8. The number of carbonyl (C=O) groups excluding carboxylic acids is 2. The van der Waals surface area contributed by atoms with Crippen LogP contribution in [0.25, 0.3) is 44.7 Å². The molecule has 0 saturated heterocycles. The molecule has 0 aliphatic heterocycles. The van der Waals surface area contributed by atoms with Crippen molar-refractivity contribution in [2.24, 2.45) is 0 Å². The molecule has 8 aromatic rings. The van der Waals surface area contributed by atoms with E-state index in [1.54, 1.807) is 37.8 Å². The molecule has 0 spiro atoms. The Morgan fingerprint density at radius 2 is 1.18 bits per heavy atom. The van der Waals surface area contributed by atoms with E-state index in [4.69, 9.17) is 4.74 Å². The average Bonchev–Trinajstić information content (AvgIpc) is 4.22. The fraction of sp³-hybridized carbons (Fsp3) is 0.188. The summed E-state index contributed by atoms with van der Waals surface area (Å²) in [6.07, 6.45) is 9.28. The molecule has 0 unspecified atom stereocenters. The third-order valence-electron chi connectivity index (χ3n) is 10.6. The third kappa shape index (κ3) is 9.55. The number of pyridine rings is 3. The highest BCUT2D eigenvalue weighted by molar-refractivity contribution is 5.96. The molecular weight excluding hydrogens is 789 g/mol. The number of methoxy groups -OCH3 is 1. The molecule has 0 atom stereocenters. The van der Waals surface area contributed by atoms with Crippen LogP contribution in [0, 0.1) is 11.6 Å². The van der Waals surface area contributed by atoms with Crippen LogP contribution in [0.2, 0.25) is 0 Å². The van der Waals surface area contributed by atoms with E-state index in [-0.39, 0.29) is 23.9 Å². The lowest BCUT2D eigenvalue weighted by molar-refractivity contribution is 0.0942. The van der Waals surface area contributed by atoms with Gasteiger partial charge in [-0.1, -0.05) is 6.07 Å². The molecule has 12 nitrogen and oxygen atoms in total. The maximum absolute atomic E-state index is 14.3. The van der Waals surface area contributed by atoms with Crippen molar-refractivity contribution in [1.29, 1.82) is 0 Å². The molecule has 2 fully saturated rings. The van der Waals surface area contributed by atoms with Crippen molar-refractivity contribution in [3.05, 3.63) is 156 Å². The molecule has 0 bridgehead atoms. The van der Waals surface area contributed by atoms with Crippen molar-refractivity contribution >= 4 is 45.3 Å². The molecular formula is C48H43F2N9O3. The van der Waals surface area contributed by atoms with Crippen molar-refractivity contribution in [3.8, 4) is 28.4 Å². The van der Waals surface area contributed by atoms with Crippen LogP contribution < -0.4 is 26.0 Å². The predicted molar refractivity (Wildman–Crippen MR) is 236 cm³/mol. The van der Waals surface area contributed by atoms with Crippen LogP contribution in [0.15, 0.2) is 122 Å². The minimum Gasteiger partial charge on any atom is -0.497 e. The van der Waals surface area contributed by atoms with E-state index in [1.165, 1.54) is 24.3 Å². The largest absolute Gasteiger partial charge is 0.497 e. The van der Waals surface area contributed by atoms with Gasteiger partial charge in [0.05, 0.1) is 29.9 Å². The normalized spacial score (nSPS) is 13.3. The van der Waals surface area contributed by atoms with Gasteiger partial charge in [-0.05, 0) is 139 Å². The number of anilines is 2. The summed E-state index contributed by atoms with van der Waals surface area (Å²) in [5.41, 5.74) is 8.58. The van der Waals surface area contributed by atoms with Gasteiger partial charge in [0, 0.05) is 71.4 Å². The van der Waals surface area contributed by atoms with E-state index in [1.807, 2.05) is 66.7 Å². The molecule has 2 saturated carbocycles. The minimum absolute atomic E-state index is 0.169. The van der Waals surface area contributed by atoms with Gasteiger partial charge in [0.15, 0.2) is 0 Å². The number of amides is 2. The topological polar surface area (TPSA) is 162 Å². The third-order valence-corrected chi connectivity index (χ3v) is 10.6. The van der Waals surface area contributed by atoms with E-state index >= 15 is 0 Å². The molecule has 5 heterocycles. The molecule has 6 N–H and O–H groups in total. The standard InChI is InChI=1S/C25H23FN4O2.C23H20FN5O/c1-32-20-7-2-16(3-8-20)22-12-18-10-15(14-28-24(18)30-22)13-27-23-11-17(4-9-21(23)26)25(31)29-19-5-6-19;24-18-7-4-15(23(30)28-17-5-6-17)10-20(18)26-12-14-9-16-11-21(29-22(16)27-13-14)19-3-1-2-8-25-19/h2-4,7-12,14,19,27H,5-6,13H2,1H3,(H,28,30)(H,29,31);1-4,7-11,13,17,26H,5-6,12H2,(H,27,29)(H,28,30). The van der Waals surface area contributed by atoms with Gasteiger partial charge in [0.1, 0.15) is 28.7 Å². The Labute approximate surface area is 355 Å². The lowest BCUT2D eigenvalue weighted by atomic mass is 10.1. The Morgan fingerprint density at radius 1 is 0.645 bits per heavy atom. The lowest BCUT2D eigenvalue weighted by Gasteiger charge is -2.10. The Morgan fingerprint density at radius 3 is 1.68 bits per heavy atom. The van der Waals surface area contributed by atoms with Gasteiger partial charge < -0.3 is 36.0 Å². The molecule has 3 aromatic carbocycles.